The first-order chi connectivity index (χ1) is 11.6. The molecule has 124 valence electrons. The summed E-state index contributed by atoms with van der Waals surface area (Å²) in [5.74, 6) is 3.73. The summed E-state index contributed by atoms with van der Waals surface area (Å²) >= 11 is 9.75. The summed E-state index contributed by atoms with van der Waals surface area (Å²) in [6, 6.07) is 13.4. The highest BCUT2D eigenvalue weighted by atomic mass is 35.5. The van der Waals surface area contributed by atoms with Crippen molar-refractivity contribution in [2.45, 2.75) is 11.8 Å². The first-order valence-corrected chi connectivity index (χ1v) is 9.94. The number of nitriles is 1. The molecule has 6 heteroatoms. The van der Waals surface area contributed by atoms with Gasteiger partial charge in [0.1, 0.15) is 11.5 Å². The van der Waals surface area contributed by atoms with Crippen LogP contribution in [0.25, 0.3) is 0 Å². The maximum absolute atomic E-state index is 9.19. The zero-order valence-electron chi connectivity index (χ0n) is 13.3. The topological polar surface area (TPSA) is 36.3 Å². The Labute approximate surface area is 156 Å². The van der Waals surface area contributed by atoms with E-state index >= 15 is 0 Å². The van der Waals surface area contributed by atoms with Crippen LogP contribution in [0.15, 0.2) is 41.3 Å². The fourth-order valence-corrected chi connectivity index (χ4v) is 4.84. The number of thioether (sulfide) groups is 1. The van der Waals surface area contributed by atoms with Gasteiger partial charge in [-0.1, -0.05) is 11.6 Å². The van der Waals surface area contributed by atoms with E-state index in [1.54, 1.807) is 24.1 Å². The number of halogens is 1. The van der Waals surface area contributed by atoms with Gasteiger partial charge in [0, 0.05) is 29.6 Å². The van der Waals surface area contributed by atoms with Gasteiger partial charge in [0.25, 0.3) is 0 Å². The van der Waals surface area contributed by atoms with Crippen LogP contribution < -0.4 is 4.74 Å². The van der Waals surface area contributed by atoms with Crippen LogP contribution >= 0.6 is 35.3 Å². The molecule has 1 aliphatic rings. The Kier molecular flexibility index (Phi) is 5.96. The third-order valence-electron chi connectivity index (χ3n) is 3.51. The van der Waals surface area contributed by atoms with Gasteiger partial charge in [0.15, 0.2) is 0 Å². The second-order valence-electron chi connectivity index (χ2n) is 5.47. The molecule has 2 aromatic rings. The minimum Gasteiger partial charge on any atom is -0.456 e. The maximum atomic E-state index is 9.19. The van der Waals surface area contributed by atoms with Gasteiger partial charge in [-0.3, -0.25) is 0 Å². The van der Waals surface area contributed by atoms with Gasteiger partial charge in [-0.2, -0.15) is 17.0 Å². The van der Waals surface area contributed by atoms with E-state index in [1.807, 2.05) is 43.0 Å². The number of aryl methyl sites for hydroxylation is 1. The minimum atomic E-state index is 0.638. The van der Waals surface area contributed by atoms with Crippen LogP contribution in [0.4, 0.5) is 0 Å². The molecule has 0 aromatic heterocycles. The van der Waals surface area contributed by atoms with Crippen LogP contribution in [-0.2, 0) is 0 Å². The largest absolute Gasteiger partial charge is 0.456 e. The molecule has 3 rings (SSSR count). The van der Waals surface area contributed by atoms with Gasteiger partial charge in [0.2, 0.25) is 0 Å². The second kappa shape index (κ2) is 8.17. The zero-order chi connectivity index (χ0) is 16.9. The van der Waals surface area contributed by atoms with E-state index in [-0.39, 0.29) is 0 Å². The fourth-order valence-electron chi connectivity index (χ4n) is 2.40. The molecule has 0 bridgehead atoms. The summed E-state index contributed by atoms with van der Waals surface area (Å²) in [6.45, 7) is 4.04. The van der Waals surface area contributed by atoms with Gasteiger partial charge >= 0.3 is 0 Å². The average molecular weight is 377 g/mol. The molecule has 3 nitrogen and oxygen atoms in total. The summed E-state index contributed by atoms with van der Waals surface area (Å²) in [5.41, 5.74) is 1.69. The molecule has 0 N–H and O–H groups in total. The maximum Gasteiger partial charge on any atom is 0.142 e. The van der Waals surface area contributed by atoms with Crippen molar-refractivity contribution in [2.24, 2.45) is 0 Å². The van der Waals surface area contributed by atoms with Crippen molar-refractivity contribution in [2.75, 3.05) is 24.6 Å². The molecule has 0 unspecified atom stereocenters. The molecule has 1 saturated heterocycles. The van der Waals surface area contributed by atoms with Gasteiger partial charge in [-0.05, 0) is 60.8 Å². The van der Waals surface area contributed by atoms with Crippen LogP contribution in [0.1, 0.15) is 11.1 Å². The number of benzene rings is 2. The molecule has 0 atom stereocenters. The van der Waals surface area contributed by atoms with Crippen LogP contribution in [0.3, 0.4) is 0 Å². The second-order valence-corrected chi connectivity index (χ2v) is 8.27. The Morgan fingerprint density at radius 2 is 2.00 bits per heavy atom. The molecular weight excluding hydrogens is 360 g/mol. The molecule has 0 aliphatic carbocycles. The van der Waals surface area contributed by atoms with E-state index < -0.39 is 0 Å². The lowest BCUT2D eigenvalue weighted by molar-refractivity contribution is 0.467. The molecule has 0 amide bonds. The zero-order valence-corrected chi connectivity index (χ0v) is 15.7. The number of nitrogens with zero attached hydrogens (tertiary/aromatic N) is 2. The third kappa shape index (κ3) is 4.61. The lowest BCUT2D eigenvalue weighted by Crippen LogP contribution is -2.26. The van der Waals surface area contributed by atoms with Crippen molar-refractivity contribution < 1.29 is 4.74 Å². The van der Waals surface area contributed by atoms with E-state index in [4.69, 9.17) is 16.3 Å². The van der Waals surface area contributed by atoms with Crippen molar-refractivity contribution >= 4 is 35.3 Å². The first kappa shape index (κ1) is 17.5. The normalized spacial score (nSPS) is 15.0. The number of hydrogen-bond donors (Lipinski definition) is 0. The van der Waals surface area contributed by atoms with E-state index in [9.17, 15) is 5.26 Å². The first-order valence-electron chi connectivity index (χ1n) is 7.64. The molecule has 0 saturated carbocycles. The van der Waals surface area contributed by atoms with E-state index in [0.29, 0.717) is 16.3 Å². The average Bonchev–Trinajstić information content (AvgIpc) is 2.56. The Morgan fingerprint density at radius 3 is 2.71 bits per heavy atom. The summed E-state index contributed by atoms with van der Waals surface area (Å²) in [6.07, 6.45) is 0. The van der Waals surface area contributed by atoms with Crippen molar-refractivity contribution in [1.82, 2.24) is 4.31 Å². The molecule has 1 heterocycles. The molecule has 1 aliphatic heterocycles. The van der Waals surface area contributed by atoms with Gasteiger partial charge < -0.3 is 4.74 Å². The monoisotopic (exact) mass is 376 g/mol. The SMILES string of the molecule is Cc1cc(Cl)cc(Oc2ccc(C#N)cc2SN2CCSCC2)c1. The lowest BCUT2D eigenvalue weighted by Gasteiger charge is -2.25. The Morgan fingerprint density at radius 1 is 1.21 bits per heavy atom. The fraction of sp³-hybridized carbons (Fsp3) is 0.278. The molecule has 24 heavy (non-hydrogen) atoms. The van der Waals surface area contributed by atoms with Crippen molar-refractivity contribution in [1.29, 1.82) is 5.26 Å². The molecule has 2 aromatic carbocycles. The highest BCUT2D eigenvalue weighted by Crippen LogP contribution is 2.37. The highest BCUT2D eigenvalue weighted by Gasteiger charge is 2.16. The highest BCUT2D eigenvalue weighted by molar-refractivity contribution is 8.00. The molecule has 0 radical (unpaired) electrons. The van der Waals surface area contributed by atoms with Gasteiger partial charge in [0.05, 0.1) is 16.5 Å². The number of rotatable bonds is 4. The molecule has 1 fully saturated rings. The summed E-state index contributed by atoms with van der Waals surface area (Å²) in [7, 11) is 0. The van der Waals surface area contributed by atoms with E-state index in [2.05, 4.69) is 10.4 Å². The van der Waals surface area contributed by atoms with Gasteiger partial charge in [-0.25, -0.2) is 4.31 Å². The summed E-state index contributed by atoms with van der Waals surface area (Å²) in [5, 5.41) is 9.84. The Bertz CT molecular complexity index is 750. The van der Waals surface area contributed by atoms with Crippen molar-refractivity contribution in [3.63, 3.8) is 0 Å². The van der Waals surface area contributed by atoms with E-state index in [1.165, 1.54) is 0 Å². The Hall–Kier alpha value is -1.32. The molecule has 0 spiro atoms. The van der Waals surface area contributed by atoms with Crippen LogP contribution in [0.2, 0.25) is 5.02 Å². The predicted molar refractivity (Wildman–Crippen MR) is 102 cm³/mol. The minimum absolute atomic E-state index is 0.638. The van der Waals surface area contributed by atoms with Crippen LogP contribution in [0, 0.1) is 18.3 Å². The smallest absolute Gasteiger partial charge is 0.142 e. The van der Waals surface area contributed by atoms with Crippen LogP contribution in [-0.4, -0.2) is 28.9 Å². The molecular formula is C18H17ClN2OS2. The van der Waals surface area contributed by atoms with Crippen molar-refractivity contribution in [3.8, 4) is 17.6 Å². The van der Waals surface area contributed by atoms with Crippen LogP contribution in [0.5, 0.6) is 11.5 Å². The summed E-state index contributed by atoms with van der Waals surface area (Å²) in [4.78, 5) is 0.957. The van der Waals surface area contributed by atoms with Crippen molar-refractivity contribution in [3.05, 3.63) is 52.5 Å². The lowest BCUT2D eigenvalue weighted by atomic mass is 10.2. The standard InChI is InChI=1S/C18H17ClN2OS2/c1-13-8-15(19)11-16(9-13)22-17-3-2-14(12-20)10-18(17)24-21-4-6-23-7-5-21/h2-3,8-11H,4-7H2,1H3. The van der Waals surface area contributed by atoms with Gasteiger partial charge in [-0.15, -0.1) is 0 Å². The third-order valence-corrected chi connectivity index (χ3v) is 5.81. The Balaban J connectivity index is 1.86. The quantitative estimate of drug-likeness (QED) is 0.670. The predicted octanol–water partition coefficient (Wildman–Crippen LogP) is 5.37. The van der Waals surface area contributed by atoms with E-state index in [0.717, 1.165) is 40.8 Å². The number of ether oxygens (including phenoxy) is 1. The number of hydrogen-bond acceptors (Lipinski definition) is 5. The summed E-state index contributed by atoms with van der Waals surface area (Å²) < 4.78 is 8.39.